The first-order valence-electron chi connectivity index (χ1n) is 12.0. The summed E-state index contributed by atoms with van der Waals surface area (Å²) < 4.78 is 0. The summed E-state index contributed by atoms with van der Waals surface area (Å²) >= 11 is 5.93. The van der Waals surface area contributed by atoms with Crippen molar-refractivity contribution in [2.24, 2.45) is 11.8 Å². The minimum atomic E-state index is -0.999. The van der Waals surface area contributed by atoms with E-state index in [1.54, 1.807) is 11.1 Å². The first-order chi connectivity index (χ1) is 18.3. The Labute approximate surface area is 222 Å². The minimum absolute atomic E-state index is 0.0577. The van der Waals surface area contributed by atoms with Crippen LogP contribution < -0.4 is 5.32 Å². The molecule has 0 bridgehead atoms. The Hall–Kier alpha value is -4.50. The topological polar surface area (TPSA) is 113 Å². The summed E-state index contributed by atoms with van der Waals surface area (Å²) in [5, 5.41) is 14.0. The fourth-order valence-electron chi connectivity index (χ4n) is 5.79. The van der Waals surface area contributed by atoms with E-state index < -0.39 is 40.7 Å². The highest BCUT2D eigenvalue weighted by Crippen LogP contribution is 2.52. The van der Waals surface area contributed by atoms with E-state index in [2.05, 4.69) is 5.32 Å². The number of fused-ring (bicyclic) bond motifs is 5. The molecule has 3 aromatic rings. The van der Waals surface area contributed by atoms with Gasteiger partial charge in [-0.05, 0) is 34.9 Å². The second-order valence-corrected chi connectivity index (χ2v) is 9.90. The van der Waals surface area contributed by atoms with Gasteiger partial charge in [0.05, 0.1) is 29.3 Å². The van der Waals surface area contributed by atoms with Crippen LogP contribution in [0.15, 0.2) is 79.0 Å². The minimum Gasteiger partial charge on any atom is -0.357 e. The summed E-state index contributed by atoms with van der Waals surface area (Å²) in [7, 11) is 0. The number of anilines is 1. The normalized spacial score (nSPS) is 23.2. The van der Waals surface area contributed by atoms with Crippen molar-refractivity contribution in [3.05, 3.63) is 111 Å². The molecule has 3 aromatic carbocycles. The smallest absolute Gasteiger partial charge is 0.289 e. The first-order valence-corrected chi connectivity index (χ1v) is 12.4. The molecule has 3 aliphatic rings. The van der Waals surface area contributed by atoms with E-state index in [0.717, 1.165) is 16.7 Å². The third-order valence-electron chi connectivity index (χ3n) is 7.42. The second-order valence-electron chi connectivity index (χ2n) is 9.49. The van der Waals surface area contributed by atoms with E-state index >= 15 is 0 Å². The molecule has 0 radical (unpaired) electrons. The zero-order valence-electron chi connectivity index (χ0n) is 19.9. The predicted octanol–water partition coefficient (Wildman–Crippen LogP) is 4.40. The Balaban J connectivity index is 1.39. The van der Waals surface area contributed by atoms with Crippen molar-refractivity contribution in [3.63, 3.8) is 0 Å². The maximum Gasteiger partial charge on any atom is 0.289 e. The van der Waals surface area contributed by atoms with Gasteiger partial charge in [-0.25, -0.2) is 0 Å². The van der Waals surface area contributed by atoms with E-state index in [1.807, 2.05) is 60.7 Å². The molecule has 4 atom stereocenters. The van der Waals surface area contributed by atoms with Gasteiger partial charge in [0.25, 0.3) is 5.69 Å². The van der Waals surface area contributed by atoms with Gasteiger partial charge >= 0.3 is 0 Å². The van der Waals surface area contributed by atoms with Crippen LogP contribution in [0.1, 0.15) is 22.7 Å². The number of nitrogens with one attached hydrogen (secondary N) is 1. The van der Waals surface area contributed by atoms with Gasteiger partial charge in [0.2, 0.25) is 17.7 Å². The summed E-state index contributed by atoms with van der Waals surface area (Å²) in [5.74, 6) is -2.94. The summed E-state index contributed by atoms with van der Waals surface area (Å²) in [6.07, 6.45) is 3.61. The van der Waals surface area contributed by atoms with Gasteiger partial charge in [0.1, 0.15) is 11.1 Å². The Morgan fingerprint density at radius 3 is 2.45 bits per heavy atom. The van der Waals surface area contributed by atoms with Crippen LogP contribution in [0.4, 0.5) is 11.4 Å². The standard InChI is InChI=1S/C28H21ClN4O5/c29-20-11-10-18(14-21(20)33(37)38)30-26(34)25-23-22(24-19-9-5-4-8-17(19)12-13-31(24)25)27(35)32(28(23)36)15-16-6-2-1-3-7-16/h1-14,22-25H,15H2,(H,30,34)/t22-,23-,24-,25+/m1/s1. The van der Waals surface area contributed by atoms with E-state index in [0.29, 0.717) is 0 Å². The third kappa shape index (κ3) is 3.74. The lowest BCUT2D eigenvalue weighted by Gasteiger charge is -2.35. The summed E-state index contributed by atoms with van der Waals surface area (Å²) in [6, 6.07) is 19.3. The molecule has 3 aliphatic heterocycles. The number of carbonyl (C=O) groups is 3. The zero-order valence-corrected chi connectivity index (χ0v) is 20.6. The second kappa shape index (κ2) is 9.11. The van der Waals surface area contributed by atoms with Crippen molar-refractivity contribution in [1.29, 1.82) is 0 Å². The Morgan fingerprint density at radius 1 is 0.974 bits per heavy atom. The summed E-state index contributed by atoms with van der Waals surface area (Å²) in [5.41, 5.74) is 2.42. The predicted molar refractivity (Wildman–Crippen MR) is 140 cm³/mol. The van der Waals surface area contributed by atoms with Gasteiger partial charge in [-0.3, -0.25) is 29.4 Å². The monoisotopic (exact) mass is 528 g/mol. The Morgan fingerprint density at radius 2 is 1.68 bits per heavy atom. The van der Waals surface area contributed by atoms with Crippen LogP contribution in [0, 0.1) is 22.0 Å². The number of likely N-dealkylation sites (tertiary alicyclic amines) is 1. The molecule has 0 aliphatic carbocycles. The van der Waals surface area contributed by atoms with Crippen LogP contribution in [-0.4, -0.2) is 38.5 Å². The number of hydrogen-bond acceptors (Lipinski definition) is 6. The number of nitro groups is 1. The van der Waals surface area contributed by atoms with Gasteiger partial charge in [0.15, 0.2) is 0 Å². The fourth-order valence-corrected chi connectivity index (χ4v) is 5.97. The largest absolute Gasteiger partial charge is 0.357 e. The molecular formula is C28H21ClN4O5. The maximum absolute atomic E-state index is 13.8. The molecule has 10 heteroatoms. The van der Waals surface area contributed by atoms with Crippen LogP contribution in [0.3, 0.4) is 0 Å². The number of nitrogens with zero attached hydrogens (tertiary/aromatic N) is 3. The number of amides is 3. The maximum atomic E-state index is 13.8. The van der Waals surface area contributed by atoms with Gasteiger partial charge in [-0.2, -0.15) is 0 Å². The Bertz CT molecular complexity index is 1520. The van der Waals surface area contributed by atoms with Crippen molar-refractivity contribution < 1.29 is 19.3 Å². The molecular weight excluding hydrogens is 508 g/mol. The quantitative estimate of drug-likeness (QED) is 0.298. The van der Waals surface area contributed by atoms with Gasteiger partial charge in [0, 0.05) is 18.0 Å². The van der Waals surface area contributed by atoms with Gasteiger partial charge < -0.3 is 10.2 Å². The van der Waals surface area contributed by atoms with Gasteiger partial charge in [-0.1, -0.05) is 66.2 Å². The molecule has 0 spiro atoms. The van der Waals surface area contributed by atoms with Crippen LogP contribution >= 0.6 is 11.6 Å². The van der Waals surface area contributed by atoms with Crippen LogP contribution in [-0.2, 0) is 20.9 Å². The highest BCUT2D eigenvalue weighted by atomic mass is 35.5. The number of halogens is 1. The number of carbonyl (C=O) groups excluding carboxylic acids is 3. The molecule has 9 nitrogen and oxygen atoms in total. The molecule has 6 rings (SSSR count). The molecule has 0 saturated carbocycles. The van der Waals surface area contributed by atoms with Crippen LogP contribution in [0.5, 0.6) is 0 Å². The molecule has 0 aromatic heterocycles. The van der Waals surface area contributed by atoms with E-state index in [-0.39, 0.29) is 28.8 Å². The molecule has 3 amide bonds. The zero-order chi connectivity index (χ0) is 26.6. The van der Waals surface area contributed by atoms with Crippen molar-refractivity contribution in [3.8, 4) is 0 Å². The lowest BCUT2D eigenvalue weighted by Crippen LogP contribution is -2.46. The molecule has 0 unspecified atom stereocenters. The molecule has 190 valence electrons. The van der Waals surface area contributed by atoms with Crippen LogP contribution in [0.25, 0.3) is 6.08 Å². The number of rotatable bonds is 5. The number of hydrogen-bond donors (Lipinski definition) is 1. The molecule has 38 heavy (non-hydrogen) atoms. The SMILES string of the molecule is O=C(Nc1ccc(Cl)c([N+](=O)[O-])c1)[C@@H]1[C@@H]2C(=O)N(Cc3ccccc3)C(=O)[C@H]2[C@H]2c3ccccc3C=CN12. The fraction of sp³-hybridized carbons (Fsp3) is 0.179. The van der Waals surface area contributed by atoms with E-state index in [1.165, 1.54) is 23.1 Å². The van der Waals surface area contributed by atoms with Crippen molar-refractivity contribution in [1.82, 2.24) is 9.80 Å². The average molecular weight is 529 g/mol. The number of nitro benzene ring substituents is 1. The van der Waals surface area contributed by atoms with Crippen molar-refractivity contribution in [2.75, 3.05) is 5.32 Å². The van der Waals surface area contributed by atoms with Crippen molar-refractivity contribution >= 4 is 46.8 Å². The van der Waals surface area contributed by atoms with Crippen LogP contribution in [0.2, 0.25) is 5.02 Å². The lowest BCUT2D eigenvalue weighted by molar-refractivity contribution is -0.384. The third-order valence-corrected chi connectivity index (χ3v) is 7.73. The van der Waals surface area contributed by atoms with E-state index in [4.69, 9.17) is 11.6 Å². The number of benzene rings is 3. The van der Waals surface area contributed by atoms with Crippen molar-refractivity contribution in [2.45, 2.75) is 18.6 Å². The molecule has 1 N–H and O–H groups in total. The molecule has 3 heterocycles. The summed E-state index contributed by atoms with van der Waals surface area (Å²) in [6.45, 7) is 0.118. The van der Waals surface area contributed by atoms with Gasteiger partial charge in [-0.15, -0.1) is 0 Å². The number of imide groups is 1. The molecule has 2 fully saturated rings. The highest BCUT2D eigenvalue weighted by molar-refractivity contribution is 6.32. The highest BCUT2D eigenvalue weighted by Gasteiger charge is 2.64. The Kier molecular flexibility index (Phi) is 5.72. The molecule has 2 saturated heterocycles. The first kappa shape index (κ1) is 23.9. The van der Waals surface area contributed by atoms with E-state index in [9.17, 15) is 24.5 Å². The summed E-state index contributed by atoms with van der Waals surface area (Å²) in [4.78, 5) is 55.0. The lowest BCUT2D eigenvalue weighted by atomic mass is 9.84. The average Bonchev–Trinajstić information content (AvgIpc) is 3.39.